The molecule has 0 aromatic carbocycles. The number of aliphatic imine (C=N–C) groups is 1. The minimum absolute atomic E-state index is 0.145. The first-order valence-electron chi connectivity index (χ1n) is 3.98. The zero-order valence-electron chi connectivity index (χ0n) is 6.47. The van der Waals surface area contributed by atoms with Gasteiger partial charge in [0.1, 0.15) is 5.84 Å². The van der Waals surface area contributed by atoms with Gasteiger partial charge in [0, 0.05) is 25.0 Å². The Labute approximate surface area is 74.6 Å². The molecule has 0 aromatic heterocycles. The topological polar surface area (TPSA) is 43.2 Å². The summed E-state index contributed by atoms with van der Waals surface area (Å²) < 4.78 is 1.95. The summed E-state index contributed by atoms with van der Waals surface area (Å²) in [7, 11) is 0. The first-order chi connectivity index (χ1) is 5.95. The van der Waals surface area contributed by atoms with Gasteiger partial charge in [0.15, 0.2) is 0 Å². The molecule has 3 aliphatic heterocycles. The van der Waals surface area contributed by atoms with E-state index < -0.39 is 0 Å². The lowest BCUT2D eigenvalue weighted by Crippen LogP contribution is -2.49. The lowest BCUT2D eigenvalue weighted by molar-refractivity contribution is 0.232. The van der Waals surface area contributed by atoms with Crippen molar-refractivity contribution in [2.75, 3.05) is 19.6 Å². The number of rotatable bonds is 0. The molecule has 64 valence electrons. The zero-order chi connectivity index (χ0) is 7.97. The predicted molar refractivity (Wildman–Crippen MR) is 48.7 cm³/mol. The van der Waals surface area contributed by atoms with Crippen LogP contribution in [0.2, 0.25) is 0 Å². The summed E-state index contributed by atoms with van der Waals surface area (Å²) in [5.74, 6) is 1.12. The third kappa shape index (κ3) is 0.789. The van der Waals surface area contributed by atoms with Gasteiger partial charge in [-0.3, -0.25) is 0 Å². The summed E-state index contributed by atoms with van der Waals surface area (Å²) in [6.07, 6.45) is 0.145. The maximum absolute atomic E-state index is 4.42. The average molecular weight is 183 g/mol. The fraction of sp³-hybridized carbons (Fsp3) is 0.667. The Hall–Kier alpha value is -0.750. The van der Waals surface area contributed by atoms with Crippen LogP contribution in [0.4, 0.5) is 0 Å². The summed E-state index contributed by atoms with van der Waals surface area (Å²) in [6, 6.07) is 0. The van der Waals surface area contributed by atoms with E-state index in [0.717, 1.165) is 25.5 Å². The van der Waals surface area contributed by atoms with Crippen LogP contribution in [0, 0.1) is 0 Å². The van der Waals surface area contributed by atoms with Gasteiger partial charge in [0.25, 0.3) is 0 Å². The highest BCUT2D eigenvalue weighted by Crippen LogP contribution is 2.29. The van der Waals surface area contributed by atoms with E-state index in [1.54, 1.807) is 11.9 Å². The number of hydrogen-bond acceptors (Lipinski definition) is 6. The molecule has 3 aliphatic rings. The molecular formula is C6H9N5S. The van der Waals surface area contributed by atoms with Crippen molar-refractivity contribution < 1.29 is 0 Å². The van der Waals surface area contributed by atoms with E-state index in [-0.39, 0.29) is 6.29 Å². The molecule has 1 atom stereocenters. The first kappa shape index (κ1) is 6.73. The largest absolute Gasteiger partial charge is 0.315 e. The summed E-state index contributed by atoms with van der Waals surface area (Å²) in [4.78, 5) is 6.57. The SMILES string of the molecule is C1=NC2N(N=C3CNCCN32)S1. The van der Waals surface area contributed by atoms with Gasteiger partial charge in [-0.2, -0.15) is 4.41 Å². The van der Waals surface area contributed by atoms with E-state index in [0.29, 0.717) is 0 Å². The minimum Gasteiger partial charge on any atom is -0.315 e. The number of amidine groups is 1. The molecule has 3 rings (SSSR count). The number of piperazine rings is 1. The molecule has 6 heteroatoms. The number of nitrogens with zero attached hydrogens (tertiary/aromatic N) is 4. The fourth-order valence-corrected chi connectivity index (χ4v) is 2.28. The van der Waals surface area contributed by atoms with E-state index >= 15 is 0 Å². The molecule has 0 radical (unpaired) electrons. The van der Waals surface area contributed by atoms with Crippen molar-refractivity contribution in [2.45, 2.75) is 6.29 Å². The lowest BCUT2D eigenvalue weighted by Gasteiger charge is -2.28. The number of fused-ring (bicyclic) bond motifs is 3. The Morgan fingerprint density at radius 2 is 2.67 bits per heavy atom. The van der Waals surface area contributed by atoms with Crippen molar-refractivity contribution in [3.05, 3.63) is 0 Å². The van der Waals surface area contributed by atoms with Crippen LogP contribution in [0.25, 0.3) is 0 Å². The van der Waals surface area contributed by atoms with E-state index in [4.69, 9.17) is 0 Å². The fourth-order valence-electron chi connectivity index (χ4n) is 1.60. The Bertz CT molecular complexity index is 263. The van der Waals surface area contributed by atoms with Gasteiger partial charge in [0.2, 0.25) is 6.29 Å². The summed E-state index contributed by atoms with van der Waals surface area (Å²) in [5, 5.41) is 7.71. The Kier molecular flexibility index (Phi) is 1.33. The zero-order valence-corrected chi connectivity index (χ0v) is 7.29. The first-order valence-corrected chi connectivity index (χ1v) is 4.81. The third-order valence-corrected chi connectivity index (χ3v) is 2.89. The molecule has 1 unspecified atom stereocenters. The van der Waals surface area contributed by atoms with Crippen LogP contribution in [0.1, 0.15) is 0 Å². The molecule has 3 heterocycles. The molecule has 1 N–H and O–H groups in total. The molecule has 0 aliphatic carbocycles. The van der Waals surface area contributed by atoms with Crippen molar-refractivity contribution in [3.8, 4) is 0 Å². The van der Waals surface area contributed by atoms with Gasteiger partial charge >= 0.3 is 0 Å². The van der Waals surface area contributed by atoms with Gasteiger partial charge < -0.3 is 10.2 Å². The van der Waals surface area contributed by atoms with Crippen LogP contribution in [-0.4, -0.2) is 46.6 Å². The van der Waals surface area contributed by atoms with Gasteiger partial charge in [-0.25, -0.2) is 4.99 Å². The average Bonchev–Trinajstić information content (AvgIpc) is 2.62. The molecule has 0 saturated carbocycles. The second-order valence-electron chi connectivity index (χ2n) is 2.90. The molecular weight excluding hydrogens is 174 g/mol. The third-order valence-electron chi connectivity index (χ3n) is 2.18. The number of hydrogen-bond donors (Lipinski definition) is 1. The van der Waals surface area contributed by atoms with Gasteiger partial charge in [-0.05, 0) is 0 Å². The van der Waals surface area contributed by atoms with Crippen molar-refractivity contribution >= 4 is 23.3 Å². The number of hydrazone groups is 1. The van der Waals surface area contributed by atoms with Crippen molar-refractivity contribution in [1.82, 2.24) is 14.6 Å². The molecule has 0 bridgehead atoms. The lowest BCUT2D eigenvalue weighted by atomic mass is 10.3. The second-order valence-corrected chi connectivity index (χ2v) is 3.69. The van der Waals surface area contributed by atoms with E-state index in [9.17, 15) is 0 Å². The molecule has 1 saturated heterocycles. The molecule has 1 fully saturated rings. The van der Waals surface area contributed by atoms with Crippen LogP contribution in [-0.2, 0) is 0 Å². The minimum atomic E-state index is 0.145. The standard InChI is InChI=1S/C6H9N5S/c1-2-10-5(3-7-1)9-11-6(10)8-4-12-11/h4,6-7H,1-3H2. The van der Waals surface area contributed by atoms with Crippen LogP contribution < -0.4 is 5.32 Å². The summed E-state index contributed by atoms with van der Waals surface area (Å²) >= 11 is 1.56. The molecule has 0 amide bonds. The van der Waals surface area contributed by atoms with Crippen molar-refractivity contribution in [2.24, 2.45) is 10.1 Å². The molecule has 5 nitrogen and oxygen atoms in total. The normalized spacial score (nSPS) is 32.0. The second kappa shape index (κ2) is 2.37. The van der Waals surface area contributed by atoms with E-state index in [1.807, 2.05) is 9.96 Å². The van der Waals surface area contributed by atoms with E-state index in [2.05, 4.69) is 20.3 Å². The quantitative estimate of drug-likeness (QED) is 0.514. The van der Waals surface area contributed by atoms with Crippen molar-refractivity contribution in [3.63, 3.8) is 0 Å². The van der Waals surface area contributed by atoms with Crippen LogP contribution in [0.5, 0.6) is 0 Å². The Balaban J connectivity index is 1.90. The van der Waals surface area contributed by atoms with Gasteiger partial charge in [-0.15, -0.1) is 5.10 Å². The van der Waals surface area contributed by atoms with Gasteiger partial charge in [-0.1, -0.05) is 0 Å². The number of nitrogens with one attached hydrogen (secondary N) is 1. The highest BCUT2D eigenvalue weighted by Gasteiger charge is 2.37. The monoisotopic (exact) mass is 183 g/mol. The Morgan fingerprint density at radius 3 is 3.67 bits per heavy atom. The molecule has 0 spiro atoms. The van der Waals surface area contributed by atoms with E-state index in [1.165, 1.54) is 0 Å². The maximum atomic E-state index is 4.42. The predicted octanol–water partition coefficient (Wildman–Crippen LogP) is -0.506. The van der Waals surface area contributed by atoms with Crippen LogP contribution >= 0.6 is 11.9 Å². The highest BCUT2D eigenvalue weighted by molar-refractivity contribution is 8.10. The smallest absolute Gasteiger partial charge is 0.226 e. The molecule has 0 aromatic rings. The summed E-state index contributed by atoms with van der Waals surface area (Å²) in [5.41, 5.74) is 1.85. The van der Waals surface area contributed by atoms with Gasteiger partial charge in [0.05, 0.1) is 12.1 Å². The maximum Gasteiger partial charge on any atom is 0.226 e. The highest BCUT2D eigenvalue weighted by atomic mass is 32.2. The summed E-state index contributed by atoms with van der Waals surface area (Å²) in [6.45, 7) is 2.92. The molecule has 12 heavy (non-hydrogen) atoms. The van der Waals surface area contributed by atoms with Crippen LogP contribution in [0.15, 0.2) is 10.1 Å². The van der Waals surface area contributed by atoms with Crippen LogP contribution in [0.3, 0.4) is 0 Å². The van der Waals surface area contributed by atoms with Crippen molar-refractivity contribution in [1.29, 1.82) is 0 Å². The Morgan fingerprint density at radius 1 is 1.67 bits per heavy atom.